The molecule has 0 aromatic heterocycles. The number of aliphatic hydroxyl groups excluding tert-OH is 1. The van der Waals surface area contributed by atoms with Crippen LogP contribution in [0.1, 0.15) is 44.2 Å². The maximum Gasteiger partial charge on any atom is 0.251 e. The molecule has 3 aromatic carbocycles. The van der Waals surface area contributed by atoms with Gasteiger partial charge in [0, 0.05) is 19.0 Å². The first-order chi connectivity index (χ1) is 17.5. The van der Waals surface area contributed by atoms with Crippen LogP contribution in [0.5, 0.6) is 0 Å². The highest BCUT2D eigenvalue weighted by Crippen LogP contribution is 2.42. The van der Waals surface area contributed by atoms with Crippen molar-refractivity contribution in [3.8, 4) is 0 Å². The fourth-order valence-electron chi connectivity index (χ4n) is 5.03. The van der Waals surface area contributed by atoms with E-state index >= 15 is 0 Å². The van der Waals surface area contributed by atoms with E-state index < -0.39 is 5.54 Å². The van der Waals surface area contributed by atoms with Crippen LogP contribution in [-0.2, 0) is 11.3 Å². The molecule has 1 amide bonds. The van der Waals surface area contributed by atoms with Crippen molar-refractivity contribution in [3.63, 3.8) is 0 Å². The van der Waals surface area contributed by atoms with Crippen LogP contribution in [0.2, 0.25) is 0 Å². The molecule has 1 heterocycles. The van der Waals surface area contributed by atoms with Gasteiger partial charge in [-0.15, -0.1) is 0 Å². The number of halogens is 1. The largest absolute Gasteiger partial charge is 0.395 e. The molecule has 6 heteroatoms. The quantitative estimate of drug-likeness (QED) is 0.403. The fraction of sp³-hybridized carbons (Fsp3) is 0.333. The molecule has 36 heavy (non-hydrogen) atoms. The van der Waals surface area contributed by atoms with Crippen molar-refractivity contribution in [2.24, 2.45) is 11.0 Å². The molecule has 3 aromatic rings. The highest BCUT2D eigenvalue weighted by atomic mass is 19.1. The van der Waals surface area contributed by atoms with Gasteiger partial charge in [0.15, 0.2) is 0 Å². The maximum absolute atomic E-state index is 14.5. The zero-order valence-electron chi connectivity index (χ0n) is 21.0. The molecule has 0 fully saturated rings. The van der Waals surface area contributed by atoms with Gasteiger partial charge < -0.3 is 10.0 Å². The highest BCUT2D eigenvalue weighted by Gasteiger charge is 2.54. The van der Waals surface area contributed by atoms with Crippen molar-refractivity contribution < 1.29 is 14.3 Å². The number of hydrogen-bond acceptors (Lipinski definition) is 4. The molecule has 0 bridgehead atoms. The van der Waals surface area contributed by atoms with Crippen LogP contribution >= 0.6 is 0 Å². The number of nitrogens with zero attached hydrogens (tertiary/aromatic N) is 3. The Morgan fingerprint density at radius 3 is 2.28 bits per heavy atom. The van der Waals surface area contributed by atoms with Gasteiger partial charge in [-0.25, -0.2) is 9.40 Å². The first-order valence-corrected chi connectivity index (χ1v) is 12.6. The maximum atomic E-state index is 14.5. The van der Waals surface area contributed by atoms with Gasteiger partial charge in [0.2, 0.25) is 0 Å². The number of hydrazone groups is 1. The zero-order chi connectivity index (χ0) is 25.5. The molecule has 1 N–H and O–H groups in total. The van der Waals surface area contributed by atoms with Gasteiger partial charge >= 0.3 is 0 Å². The van der Waals surface area contributed by atoms with E-state index in [1.54, 1.807) is 17.0 Å². The summed E-state index contributed by atoms with van der Waals surface area (Å²) in [4.78, 5) is 16.2. The number of benzene rings is 3. The van der Waals surface area contributed by atoms with Crippen LogP contribution in [0.15, 0.2) is 90.0 Å². The minimum Gasteiger partial charge on any atom is -0.395 e. The minimum atomic E-state index is -1.02. The van der Waals surface area contributed by atoms with Gasteiger partial charge in [0.05, 0.1) is 18.0 Å². The van der Waals surface area contributed by atoms with Crippen molar-refractivity contribution in [1.29, 1.82) is 0 Å². The van der Waals surface area contributed by atoms with Crippen molar-refractivity contribution in [2.75, 3.05) is 18.2 Å². The van der Waals surface area contributed by atoms with Gasteiger partial charge in [-0.05, 0) is 48.7 Å². The third kappa shape index (κ3) is 5.19. The van der Waals surface area contributed by atoms with E-state index in [0.29, 0.717) is 6.54 Å². The Labute approximate surface area is 212 Å². The summed E-state index contributed by atoms with van der Waals surface area (Å²) in [5, 5.41) is 16.7. The summed E-state index contributed by atoms with van der Waals surface area (Å²) in [7, 11) is 0. The lowest BCUT2D eigenvalue weighted by atomic mass is 9.76. The lowest BCUT2D eigenvalue weighted by Crippen LogP contribution is -2.59. The Balaban J connectivity index is 1.81. The molecule has 0 radical (unpaired) electrons. The Kier molecular flexibility index (Phi) is 8.16. The van der Waals surface area contributed by atoms with E-state index in [-0.39, 0.29) is 30.8 Å². The number of amides is 1. The minimum absolute atomic E-state index is 0.0915. The summed E-state index contributed by atoms with van der Waals surface area (Å²) in [6.45, 7) is 4.57. The summed E-state index contributed by atoms with van der Waals surface area (Å²) in [6.07, 6.45) is 2.67. The van der Waals surface area contributed by atoms with Gasteiger partial charge in [0.25, 0.3) is 5.91 Å². The fourth-order valence-corrected chi connectivity index (χ4v) is 5.03. The molecule has 4 rings (SSSR count). The summed E-state index contributed by atoms with van der Waals surface area (Å²) < 4.78 is 13.8. The Morgan fingerprint density at radius 2 is 1.67 bits per heavy atom. The summed E-state index contributed by atoms with van der Waals surface area (Å²) in [5.74, 6) is -0.614. The molecule has 2 atom stereocenters. The van der Waals surface area contributed by atoms with Crippen LogP contribution in [0, 0.1) is 11.7 Å². The number of anilines is 1. The third-order valence-corrected chi connectivity index (χ3v) is 6.95. The normalized spacial score (nSPS) is 19.3. The molecule has 5 nitrogen and oxygen atoms in total. The molecular formula is C30H34FN3O2. The second kappa shape index (κ2) is 11.5. The average Bonchev–Trinajstić information content (AvgIpc) is 3.21. The molecule has 188 valence electrons. The van der Waals surface area contributed by atoms with Crippen LogP contribution in [0.4, 0.5) is 10.1 Å². The van der Waals surface area contributed by atoms with E-state index in [1.807, 2.05) is 72.6 Å². The number of hydrogen-bond donors (Lipinski definition) is 1. The summed E-state index contributed by atoms with van der Waals surface area (Å²) in [5.41, 5.74) is 2.38. The molecule has 2 unspecified atom stereocenters. The van der Waals surface area contributed by atoms with Gasteiger partial charge in [-0.2, -0.15) is 5.10 Å². The number of carbonyl (C=O) groups is 1. The molecule has 0 saturated carbocycles. The van der Waals surface area contributed by atoms with Gasteiger partial charge in [-0.1, -0.05) is 80.4 Å². The van der Waals surface area contributed by atoms with Crippen molar-refractivity contribution in [3.05, 3.63) is 102 Å². The molecule has 1 aliphatic rings. The van der Waals surface area contributed by atoms with Crippen molar-refractivity contribution in [2.45, 2.75) is 45.2 Å². The SMILES string of the molecule is CCCCC1C(c2ccc(F)cc2)=NN(c2ccccc2)C1(C)C(=O)N(CCO)Cc1ccccc1. The Bertz CT molecular complexity index is 1170. The van der Waals surface area contributed by atoms with Crippen molar-refractivity contribution >= 4 is 17.3 Å². The van der Waals surface area contributed by atoms with Crippen LogP contribution < -0.4 is 5.01 Å². The Hall–Kier alpha value is -3.51. The number of unbranched alkanes of at least 4 members (excludes halogenated alkanes) is 1. The number of para-hydroxylation sites is 1. The summed E-state index contributed by atoms with van der Waals surface area (Å²) in [6, 6.07) is 25.9. The average molecular weight is 488 g/mol. The highest BCUT2D eigenvalue weighted by molar-refractivity contribution is 6.10. The third-order valence-electron chi connectivity index (χ3n) is 6.95. The van der Waals surface area contributed by atoms with E-state index in [1.165, 1.54) is 12.1 Å². The molecule has 0 saturated heterocycles. The van der Waals surface area contributed by atoms with E-state index in [2.05, 4.69) is 6.92 Å². The monoisotopic (exact) mass is 487 g/mol. The first-order valence-electron chi connectivity index (χ1n) is 12.6. The summed E-state index contributed by atoms with van der Waals surface area (Å²) >= 11 is 0. The predicted molar refractivity (Wildman–Crippen MR) is 142 cm³/mol. The van der Waals surface area contributed by atoms with E-state index in [0.717, 1.165) is 41.8 Å². The molecule has 1 aliphatic heterocycles. The lowest BCUT2D eigenvalue weighted by molar-refractivity contribution is -0.138. The topological polar surface area (TPSA) is 56.1 Å². The smallest absolute Gasteiger partial charge is 0.251 e. The van der Waals surface area contributed by atoms with E-state index in [4.69, 9.17) is 5.10 Å². The number of aliphatic hydroxyl groups is 1. The lowest BCUT2D eigenvalue weighted by Gasteiger charge is -2.41. The first kappa shape index (κ1) is 25.6. The van der Waals surface area contributed by atoms with Gasteiger partial charge in [0.1, 0.15) is 11.4 Å². The van der Waals surface area contributed by atoms with Crippen molar-refractivity contribution in [1.82, 2.24) is 4.90 Å². The Morgan fingerprint density at radius 1 is 1.03 bits per heavy atom. The predicted octanol–water partition coefficient (Wildman–Crippen LogP) is 5.64. The van der Waals surface area contributed by atoms with Gasteiger partial charge in [-0.3, -0.25) is 4.79 Å². The second-order valence-corrected chi connectivity index (χ2v) is 9.42. The van der Waals surface area contributed by atoms with Crippen LogP contribution in [-0.4, -0.2) is 40.3 Å². The zero-order valence-corrected chi connectivity index (χ0v) is 21.0. The standard InChI is InChI=1S/C30H34FN3O2/c1-3-4-15-27-28(24-16-18-25(31)19-17-24)32-34(26-13-9-6-10-14-26)30(27,2)29(36)33(20-21-35)22-23-11-7-5-8-12-23/h5-14,16-19,27,35H,3-4,15,20-22H2,1-2H3. The van der Waals surface area contributed by atoms with E-state index in [9.17, 15) is 14.3 Å². The molecule has 0 aliphatic carbocycles. The van der Waals surface area contributed by atoms with Crippen LogP contribution in [0.25, 0.3) is 0 Å². The molecule has 0 spiro atoms. The number of carbonyl (C=O) groups excluding carboxylic acids is 1. The van der Waals surface area contributed by atoms with Crippen LogP contribution in [0.3, 0.4) is 0 Å². The second-order valence-electron chi connectivity index (χ2n) is 9.42. The molecular weight excluding hydrogens is 453 g/mol. The number of rotatable bonds is 10.